The summed E-state index contributed by atoms with van der Waals surface area (Å²) in [5.41, 5.74) is 6.15. The molecule has 2 fully saturated rings. The highest BCUT2D eigenvalue weighted by Gasteiger charge is 2.58. The Morgan fingerprint density at radius 1 is 1.10 bits per heavy atom. The molecule has 0 aromatic rings. The van der Waals surface area contributed by atoms with E-state index in [1.165, 1.54) is 57.6 Å². The first-order valence-corrected chi connectivity index (χ1v) is 12.5. The van der Waals surface area contributed by atoms with Gasteiger partial charge < -0.3 is 15.6 Å². The fourth-order valence-corrected chi connectivity index (χ4v) is 7.15. The van der Waals surface area contributed by atoms with Gasteiger partial charge in [-0.05, 0) is 81.2 Å². The number of esters is 1. The van der Waals surface area contributed by atoms with Crippen LogP contribution in [0.5, 0.6) is 0 Å². The number of carbonyl (C=O) groups is 1. The summed E-state index contributed by atoms with van der Waals surface area (Å²) in [6.45, 7) is 9.39. The molecule has 0 spiro atoms. The molecule has 4 nitrogen and oxygen atoms in total. The van der Waals surface area contributed by atoms with Crippen molar-refractivity contribution in [2.45, 2.75) is 104 Å². The Labute approximate surface area is 184 Å². The molecule has 0 radical (unpaired) electrons. The highest BCUT2D eigenvalue weighted by molar-refractivity contribution is 5.77. The summed E-state index contributed by atoms with van der Waals surface area (Å²) in [6, 6.07) is 0. The number of aliphatic hydroxyl groups is 1. The van der Waals surface area contributed by atoms with Gasteiger partial charge in [-0.3, -0.25) is 4.79 Å². The predicted octanol–water partition coefficient (Wildman–Crippen LogP) is 5.58. The van der Waals surface area contributed by atoms with E-state index in [0.717, 1.165) is 36.9 Å². The van der Waals surface area contributed by atoms with Gasteiger partial charge in [0, 0.05) is 11.3 Å². The van der Waals surface area contributed by atoms with Crippen LogP contribution < -0.4 is 5.73 Å². The van der Waals surface area contributed by atoms with Crippen LogP contribution in [0.2, 0.25) is 0 Å². The number of ether oxygens (including phenoxy) is 1. The van der Waals surface area contributed by atoms with E-state index >= 15 is 0 Å². The molecular weight excluding hydrogens is 374 g/mol. The van der Waals surface area contributed by atoms with Gasteiger partial charge in [0.05, 0.1) is 12.0 Å². The molecule has 1 heterocycles. The molecule has 6 atom stereocenters. The van der Waals surface area contributed by atoms with Crippen molar-refractivity contribution in [3.05, 3.63) is 11.3 Å². The maximum atomic E-state index is 12.9. The first kappa shape index (κ1) is 23.8. The summed E-state index contributed by atoms with van der Waals surface area (Å²) in [7, 11) is 1.50. The van der Waals surface area contributed by atoms with Gasteiger partial charge in [0.25, 0.3) is 0 Å². The highest BCUT2D eigenvalue weighted by atomic mass is 16.5. The van der Waals surface area contributed by atoms with Crippen LogP contribution in [-0.4, -0.2) is 24.2 Å². The summed E-state index contributed by atoms with van der Waals surface area (Å²) < 4.78 is 6.09. The molecule has 3 N–H and O–H groups in total. The minimum atomic E-state index is -0.344. The molecule has 4 heteroatoms. The normalized spacial score (nSPS) is 40.2. The summed E-state index contributed by atoms with van der Waals surface area (Å²) in [5.74, 6) is 2.87. The van der Waals surface area contributed by atoms with Crippen LogP contribution in [0.15, 0.2) is 11.3 Å². The molecule has 0 aromatic heterocycles. The van der Waals surface area contributed by atoms with Crippen LogP contribution in [-0.2, 0) is 9.53 Å². The van der Waals surface area contributed by atoms with Gasteiger partial charge >= 0.3 is 5.97 Å². The van der Waals surface area contributed by atoms with Crippen LogP contribution >= 0.6 is 0 Å². The van der Waals surface area contributed by atoms with Crippen molar-refractivity contribution >= 4 is 5.97 Å². The lowest BCUT2D eigenvalue weighted by atomic mass is 9.55. The molecule has 172 valence electrons. The molecular formula is C26H45NO3. The standard InChI is InChI=1S/C25H40O3.CH5N/c1-16(2)7-5-6-8-17-9-10-19-22-20(12-14-24(17,19)3)25(4)13-11-18(26)15-21(25)23(27)28-22;1-2/h16-19,21,26H,5-15H2,1-4H3;2H2,1H3/t17?,18-,19+,21?,24+,25+;/m0./s1. The molecule has 4 rings (SSSR count). The zero-order chi connectivity index (χ0) is 22.1. The highest BCUT2D eigenvalue weighted by Crippen LogP contribution is 2.64. The molecule has 0 aromatic carbocycles. The van der Waals surface area contributed by atoms with E-state index in [1.807, 2.05) is 0 Å². The maximum absolute atomic E-state index is 12.9. The number of aliphatic hydroxyl groups excluding tert-OH is 1. The number of carbonyl (C=O) groups excluding carboxylic acids is 1. The first-order chi connectivity index (χ1) is 14.3. The molecule has 3 aliphatic carbocycles. The number of unbranched alkanes of at least 4 members (excludes halogenated alkanes) is 1. The van der Waals surface area contributed by atoms with Crippen molar-refractivity contribution in [1.82, 2.24) is 0 Å². The Morgan fingerprint density at radius 3 is 2.53 bits per heavy atom. The smallest absolute Gasteiger partial charge is 0.315 e. The van der Waals surface area contributed by atoms with E-state index < -0.39 is 0 Å². The van der Waals surface area contributed by atoms with Crippen LogP contribution in [0.4, 0.5) is 0 Å². The summed E-state index contributed by atoms with van der Waals surface area (Å²) in [5, 5.41) is 10.1. The molecule has 30 heavy (non-hydrogen) atoms. The van der Waals surface area contributed by atoms with Gasteiger partial charge in [-0.15, -0.1) is 0 Å². The monoisotopic (exact) mass is 419 g/mol. The van der Waals surface area contributed by atoms with Crippen molar-refractivity contribution in [3.63, 3.8) is 0 Å². The van der Waals surface area contributed by atoms with Crippen molar-refractivity contribution in [3.8, 4) is 0 Å². The van der Waals surface area contributed by atoms with Gasteiger partial charge in [0.15, 0.2) is 0 Å². The average Bonchev–Trinajstić information content (AvgIpc) is 3.05. The Morgan fingerprint density at radius 2 is 1.83 bits per heavy atom. The fourth-order valence-electron chi connectivity index (χ4n) is 7.15. The summed E-state index contributed by atoms with van der Waals surface area (Å²) in [4.78, 5) is 12.9. The third-order valence-corrected chi connectivity index (χ3v) is 9.10. The summed E-state index contributed by atoms with van der Waals surface area (Å²) in [6.07, 6.45) is 12.1. The molecule has 2 saturated carbocycles. The minimum absolute atomic E-state index is 0.0652. The molecule has 2 unspecified atom stereocenters. The largest absolute Gasteiger partial charge is 0.431 e. The first-order valence-electron chi connectivity index (χ1n) is 12.5. The topological polar surface area (TPSA) is 72.5 Å². The van der Waals surface area contributed by atoms with Gasteiger partial charge in [0.2, 0.25) is 0 Å². The predicted molar refractivity (Wildman–Crippen MR) is 122 cm³/mol. The molecule has 0 bridgehead atoms. The lowest BCUT2D eigenvalue weighted by Gasteiger charge is -2.52. The van der Waals surface area contributed by atoms with Crippen LogP contribution in [0.3, 0.4) is 0 Å². The van der Waals surface area contributed by atoms with Crippen molar-refractivity contribution in [1.29, 1.82) is 0 Å². The zero-order valence-electron chi connectivity index (χ0n) is 20.0. The Kier molecular flexibility index (Phi) is 7.39. The van der Waals surface area contributed by atoms with Gasteiger partial charge in [0.1, 0.15) is 5.76 Å². The second-order valence-corrected chi connectivity index (χ2v) is 11.2. The number of hydrogen-bond donors (Lipinski definition) is 2. The molecule has 0 amide bonds. The number of hydrogen-bond acceptors (Lipinski definition) is 4. The lowest BCUT2D eigenvalue weighted by Crippen LogP contribution is -2.49. The van der Waals surface area contributed by atoms with Gasteiger partial charge in [-0.1, -0.05) is 47.0 Å². The van der Waals surface area contributed by atoms with E-state index in [1.54, 1.807) is 0 Å². The Bertz CT molecular complexity index is 657. The van der Waals surface area contributed by atoms with E-state index in [2.05, 4.69) is 33.4 Å². The fraction of sp³-hybridized carbons (Fsp3) is 0.885. The molecule has 0 saturated heterocycles. The second kappa shape index (κ2) is 9.32. The van der Waals surface area contributed by atoms with Crippen molar-refractivity contribution in [2.24, 2.45) is 40.2 Å². The van der Waals surface area contributed by atoms with Gasteiger partial charge in [-0.25, -0.2) is 0 Å². The average molecular weight is 420 g/mol. The lowest BCUT2D eigenvalue weighted by molar-refractivity contribution is -0.159. The number of nitrogens with two attached hydrogens (primary N) is 1. The van der Waals surface area contributed by atoms with Gasteiger partial charge in [-0.2, -0.15) is 0 Å². The van der Waals surface area contributed by atoms with E-state index in [9.17, 15) is 9.90 Å². The maximum Gasteiger partial charge on any atom is 0.315 e. The Hall–Kier alpha value is -0.870. The number of allylic oxidation sites excluding steroid dienone is 2. The molecule has 1 aliphatic heterocycles. The Balaban J connectivity index is 0.00000124. The van der Waals surface area contributed by atoms with Crippen molar-refractivity contribution < 1.29 is 14.6 Å². The SMILES string of the molecule is CC(C)CCCCC1CC[C@@H]2C3=C(CC[C@]12C)[C@@]1(C)CC[C@H](O)CC1C(=O)O3.CN. The quantitative estimate of drug-likeness (QED) is 0.450. The molecule has 4 aliphatic rings. The minimum Gasteiger partial charge on any atom is -0.431 e. The van der Waals surface area contributed by atoms with E-state index in [-0.39, 0.29) is 23.4 Å². The zero-order valence-corrected chi connectivity index (χ0v) is 20.0. The number of rotatable bonds is 5. The number of fused-ring (bicyclic) bond motifs is 4. The van der Waals surface area contributed by atoms with Crippen LogP contribution in [0.1, 0.15) is 98.3 Å². The second-order valence-electron chi connectivity index (χ2n) is 11.2. The van der Waals surface area contributed by atoms with Crippen LogP contribution in [0, 0.1) is 34.5 Å². The van der Waals surface area contributed by atoms with Crippen molar-refractivity contribution in [2.75, 3.05) is 7.05 Å². The van der Waals surface area contributed by atoms with Crippen LogP contribution in [0.25, 0.3) is 0 Å². The summed E-state index contributed by atoms with van der Waals surface area (Å²) >= 11 is 0. The third-order valence-electron chi connectivity index (χ3n) is 9.10. The third kappa shape index (κ3) is 4.11. The van der Waals surface area contributed by atoms with E-state index in [0.29, 0.717) is 17.8 Å². The van der Waals surface area contributed by atoms with E-state index in [4.69, 9.17) is 4.74 Å².